The van der Waals surface area contributed by atoms with E-state index in [1.54, 1.807) is 6.92 Å². The van der Waals surface area contributed by atoms with Crippen molar-refractivity contribution in [2.75, 3.05) is 13.2 Å². The molecule has 0 aliphatic heterocycles. The number of aliphatic carboxylic acids is 1. The Labute approximate surface area is 132 Å². The van der Waals surface area contributed by atoms with E-state index in [4.69, 9.17) is 5.11 Å². The molecule has 0 bridgehead atoms. The summed E-state index contributed by atoms with van der Waals surface area (Å²) in [6.45, 7) is 0.182. The molecule has 0 radical (unpaired) electrons. The SMILES string of the molecule is CCC(COCC(F)(F)F)NC(=O)NC1CCC(C(=O)O)CC1. The van der Waals surface area contributed by atoms with Crippen LogP contribution in [0.25, 0.3) is 0 Å². The van der Waals surface area contributed by atoms with Crippen molar-refractivity contribution in [3.8, 4) is 0 Å². The number of rotatable bonds is 7. The topological polar surface area (TPSA) is 87.7 Å². The van der Waals surface area contributed by atoms with Crippen LogP contribution in [-0.4, -0.2) is 48.6 Å². The maximum Gasteiger partial charge on any atom is 0.411 e. The first kappa shape index (κ1) is 19.5. The van der Waals surface area contributed by atoms with E-state index in [-0.39, 0.29) is 18.6 Å². The molecule has 9 heteroatoms. The maximum absolute atomic E-state index is 12.0. The fourth-order valence-electron chi connectivity index (χ4n) is 2.48. The maximum atomic E-state index is 12.0. The van der Waals surface area contributed by atoms with Crippen LogP contribution in [0.4, 0.5) is 18.0 Å². The van der Waals surface area contributed by atoms with E-state index in [0.717, 1.165) is 0 Å². The highest BCUT2D eigenvalue weighted by Crippen LogP contribution is 2.24. The number of hydrogen-bond donors (Lipinski definition) is 3. The van der Waals surface area contributed by atoms with Crippen LogP contribution in [0.15, 0.2) is 0 Å². The minimum Gasteiger partial charge on any atom is -0.481 e. The quantitative estimate of drug-likeness (QED) is 0.663. The molecule has 23 heavy (non-hydrogen) atoms. The fourth-order valence-corrected chi connectivity index (χ4v) is 2.48. The Bertz CT molecular complexity index is 396. The third-order valence-corrected chi connectivity index (χ3v) is 3.82. The summed E-state index contributed by atoms with van der Waals surface area (Å²) in [4.78, 5) is 22.7. The van der Waals surface area contributed by atoms with Gasteiger partial charge in [-0.05, 0) is 32.1 Å². The highest BCUT2D eigenvalue weighted by molar-refractivity contribution is 5.74. The van der Waals surface area contributed by atoms with Crippen molar-refractivity contribution in [2.24, 2.45) is 5.92 Å². The number of nitrogens with one attached hydrogen (secondary N) is 2. The van der Waals surface area contributed by atoms with Gasteiger partial charge in [0.1, 0.15) is 6.61 Å². The number of alkyl halides is 3. The Morgan fingerprint density at radius 2 is 1.87 bits per heavy atom. The number of carbonyl (C=O) groups is 2. The molecule has 1 aliphatic carbocycles. The summed E-state index contributed by atoms with van der Waals surface area (Å²) < 4.78 is 40.6. The number of ether oxygens (including phenoxy) is 1. The van der Waals surface area contributed by atoms with Crippen LogP contribution >= 0.6 is 0 Å². The van der Waals surface area contributed by atoms with Crippen molar-refractivity contribution in [3.05, 3.63) is 0 Å². The third-order valence-electron chi connectivity index (χ3n) is 3.82. The Morgan fingerprint density at radius 3 is 2.35 bits per heavy atom. The smallest absolute Gasteiger partial charge is 0.411 e. The predicted molar refractivity (Wildman–Crippen MR) is 76.0 cm³/mol. The molecule has 2 amide bonds. The molecule has 134 valence electrons. The molecule has 6 nitrogen and oxygen atoms in total. The zero-order valence-electron chi connectivity index (χ0n) is 13.0. The summed E-state index contributed by atoms with van der Waals surface area (Å²) in [6.07, 6.45) is -1.78. The summed E-state index contributed by atoms with van der Waals surface area (Å²) in [5.74, 6) is -1.18. The summed E-state index contributed by atoms with van der Waals surface area (Å²) in [6, 6.07) is -1.09. The van der Waals surface area contributed by atoms with Gasteiger partial charge in [-0.2, -0.15) is 13.2 Å². The zero-order chi connectivity index (χ0) is 17.5. The number of hydrogen-bond acceptors (Lipinski definition) is 3. The van der Waals surface area contributed by atoms with E-state index < -0.39 is 30.8 Å². The molecule has 1 atom stereocenters. The van der Waals surface area contributed by atoms with Gasteiger partial charge in [-0.1, -0.05) is 6.92 Å². The monoisotopic (exact) mass is 340 g/mol. The second-order valence-corrected chi connectivity index (χ2v) is 5.74. The van der Waals surface area contributed by atoms with Crippen molar-refractivity contribution in [2.45, 2.75) is 57.3 Å². The summed E-state index contributed by atoms with van der Waals surface area (Å²) in [5.41, 5.74) is 0. The predicted octanol–water partition coefficient (Wildman–Crippen LogP) is 2.29. The van der Waals surface area contributed by atoms with E-state index in [0.29, 0.717) is 32.1 Å². The minimum absolute atomic E-state index is 0.112. The number of carbonyl (C=O) groups excluding carboxylic acids is 1. The van der Waals surface area contributed by atoms with Crippen molar-refractivity contribution < 1.29 is 32.6 Å². The molecule has 0 saturated heterocycles. The van der Waals surface area contributed by atoms with E-state index >= 15 is 0 Å². The Hall–Kier alpha value is -1.51. The van der Waals surface area contributed by atoms with Crippen LogP contribution in [0.2, 0.25) is 0 Å². The lowest BCUT2D eigenvalue weighted by Crippen LogP contribution is -2.48. The molecule has 1 unspecified atom stereocenters. The molecule has 0 spiro atoms. The van der Waals surface area contributed by atoms with Crippen molar-refractivity contribution >= 4 is 12.0 Å². The first-order chi connectivity index (χ1) is 10.7. The lowest BCUT2D eigenvalue weighted by atomic mass is 9.86. The molecule has 1 fully saturated rings. The van der Waals surface area contributed by atoms with Gasteiger partial charge in [-0.15, -0.1) is 0 Å². The molecule has 0 aromatic heterocycles. The first-order valence-electron chi connectivity index (χ1n) is 7.65. The van der Waals surface area contributed by atoms with Gasteiger partial charge in [-0.3, -0.25) is 4.79 Å². The Kier molecular flexibility index (Phi) is 7.60. The summed E-state index contributed by atoms with van der Waals surface area (Å²) >= 11 is 0. The Balaban J connectivity index is 2.27. The molecular weight excluding hydrogens is 317 g/mol. The summed E-state index contributed by atoms with van der Waals surface area (Å²) in [5, 5.41) is 14.2. The van der Waals surface area contributed by atoms with Crippen molar-refractivity contribution in [1.82, 2.24) is 10.6 Å². The number of carboxylic acid groups (broad SMARTS) is 1. The van der Waals surface area contributed by atoms with Crippen LogP contribution in [0.5, 0.6) is 0 Å². The van der Waals surface area contributed by atoms with Gasteiger partial charge in [0.15, 0.2) is 0 Å². The van der Waals surface area contributed by atoms with Gasteiger partial charge in [-0.25, -0.2) is 4.79 Å². The van der Waals surface area contributed by atoms with Gasteiger partial charge >= 0.3 is 18.2 Å². The molecular formula is C14H23F3N2O4. The number of amides is 2. The van der Waals surface area contributed by atoms with Crippen molar-refractivity contribution in [1.29, 1.82) is 0 Å². The van der Waals surface area contributed by atoms with Crippen molar-refractivity contribution in [3.63, 3.8) is 0 Å². The Morgan fingerprint density at radius 1 is 1.26 bits per heavy atom. The molecule has 3 N–H and O–H groups in total. The van der Waals surface area contributed by atoms with Crippen LogP contribution in [0.1, 0.15) is 39.0 Å². The largest absolute Gasteiger partial charge is 0.481 e. The standard InChI is InChI=1S/C14H23F3N2O4/c1-2-10(7-23-8-14(15,16)17)18-13(22)19-11-5-3-9(4-6-11)12(20)21/h9-11H,2-8H2,1H3,(H,20,21)(H2,18,19,22). The summed E-state index contributed by atoms with van der Waals surface area (Å²) in [7, 11) is 0. The van der Waals surface area contributed by atoms with E-state index in [2.05, 4.69) is 15.4 Å². The molecule has 0 heterocycles. The minimum atomic E-state index is -4.39. The molecule has 1 aliphatic rings. The van der Waals surface area contributed by atoms with E-state index in [1.165, 1.54) is 0 Å². The van der Waals surface area contributed by atoms with Crippen LogP contribution in [-0.2, 0) is 9.53 Å². The zero-order valence-corrected chi connectivity index (χ0v) is 13.0. The van der Waals surface area contributed by atoms with Gasteiger partial charge < -0.3 is 20.5 Å². The average molecular weight is 340 g/mol. The lowest BCUT2D eigenvalue weighted by Gasteiger charge is -2.27. The van der Waals surface area contributed by atoms with Crippen LogP contribution in [0.3, 0.4) is 0 Å². The van der Waals surface area contributed by atoms with Gasteiger partial charge in [0, 0.05) is 6.04 Å². The lowest BCUT2D eigenvalue weighted by molar-refractivity contribution is -0.175. The molecule has 0 aromatic rings. The van der Waals surface area contributed by atoms with E-state index in [9.17, 15) is 22.8 Å². The molecule has 1 saturated carbocycles. The van der Waals surface area contributed by atoms with Gasteiger partial charge in [0.2, 0.25) is 0 Å². The van der Waals surface area contributed by atoms with Crippen LogP contribution < -0.4 is 10.6 Å². The third kappa shape index (κ3) is 8.06. The molecule has 0 aromatic carbocycles. The van der Waals surface area contributed by atoms with Gasteiger partial charge in [0.25, 0.3) is 0 Å². The highest BCUT2D eigenvalue weighted by Gasteiger charge is 2.29. The highest BCUT2D eigenvalue weighted by atomic mass is 19.4. The normalized spacial score (nSPS) is 23.1. The number of urea groups is 1. The van der Waals surface area contributed by atoms with E-state index in [1.807, 2.05) is 0 Å². The number of carboxylic acids is 1. The molecule has 1 rings (SSSR count). The fraction of sp³-hybridized carbons (Fsp3) is 0.857. The first-order valence-corrected chi connectivity index (χ1v) is 7.65. The second kappa shape index (κ2) is 8.95. The second-order valence-electron chi connectivity index (χ2n) is 5.74. The van der Waals surface area contributed by atoms with Gasteiger partial charge in [0.05, 0.1) is 18.6 Å². The average Bonchev–Trinajstić information content (AvgIpc) is 2.45. The number of halogens is 3. The van der Waals surface area contributed by atoms with Crippen LogP contribution in [0, 0.1) is 5.92 Å².